The van der Waals surface area contributed by atoms with Crippen molar-refractivity contribution in [2.75, 3.05) is 33.0 Å². The average molecular weight is 656 g/mol. The molecule has 252 valence electrons. The molecule has 1 unspecified atom stereocenters. The second-order valence-electron chi connectivity index (χ2n) is 9.52. The lowest BCUT2D eigenvalue weighted by Crippen LogP contribution is -2.24. The molecule has 0 saturated heterocycles. The van der Waals surface area contributed by atoms with Gasteiger partial charge in [0.2, 0.25) is 0 Å². The summed E-state index contributed by atoms with van der Waals surface area (Å²) in [6, 6.07) is 0. The van der Waals surface area contributed by atoms with Crippen molar-refractivity contribution >= 4 is 27.5 Å². The van der Waals surface area contributed by atoms with E-state index in [-0.39, 0.29) is 13.0 Å². The van der Waals surface area contributed by atoms with Gasteiger partial charge in [0.1, 0.15) is 25.4 Å². The molecule has 0 aromatic rings. The number of aliphatic hydroxyl groups is 3. The van der Waals surface area contributed by atoms with E-state index in [1.165, 1.54) is 64.2 Å². The molecule has 0 aromatic carbocycles. The number of hydrogen-bond donors (Lipinski definition) is 8. The third-order valence-corrected chi connectivity index (χ3v) is 6.90. The van der Waals surface area contributed by atoms with E-state index in [9.17, 15) is 28.7 Å². The molecule has 18 heteroatoms. The number of carbonyl (C=O) groups is 2. The van der Waals surface area contributed by atoms with Gasteiger partial charge in [-0.1, -0.05) is 84.0 Å². The van der Waals surface area contributed by atoms with Gasteiger partial charge in [0.05, 0.1) is 19.8 Å². The zero-order valence-electron chi connectivity index (χ0n) is 24.4. The normalized spacial score (nSPS) is 14.3. The first-order valence-corrected chi connectivity index (χ1v) is 17.2. The summed E-state index contributed by atoms with van der Waals surface area (Å²) in [7, 11) is -9.08. The maximum Gasteiger partial charge on any atom is 0.472 e. The summed E-state index contributed by atoms with van der Waals surface area (Å²) >= 11 is 0. The predicted octanol–water partition coefficient (Wildman–Crippen LogP) is 2.46. The average Bonchev–Trinajstić information content (AvgIpc) is 2.94. The SMILES string of the molecule is CCCCCCCCCCCCCCCC(=O)OC[C@H](O)COP(=O)(O)OC[C@H](O)CO.O=C(COP(=O)(O)O)NO. The maximum absolute atomic E-state index is 11.7. The number of ether oxygens (including phenoxy) is 1. The minimum atomic E-state index is -4.60. The number of hydroxylamine groups is 1. The van der Waals surface area contributed by atoms with Gasteiger partial charge in [-0.2, -0.15) is 0 Å². The number of phosphoric acid groups is 2. The number of carbonyl (C=O) groups excluding carboxylic acids is 2. The van der Waals surface area contributed by atoms with Crippen LogP contribution >= 0.6 is 15.6 Å². The Hall–Kier alpha value is -1.00. The Morgan fingerprint density at radius 2 is 1.17 bits per heavy atom. The molecule has 3 atom stereocenters. The summed E-state index contributed by atoms with van der Waals surface area (Å²) in [5.74, 6) is -1.45. The number of aliphatic hydroxyl groups excluding tert-OH is 3. The lowest BCUT2D eigenvalue weighted by Gasteiger charge is -2.16. The van der Waals surface area contributed by atoms with Crippen molar-refractivity contribution in [2.24, 2.45) is 0 Å². The van der Waals surface area contributed by atoms with Gasteiger partial charge in [-0.05, 0) is 6.42 Å². The highest BCUT2D eigenvalue weighted by Crippen LogP contribution is 2.43. The first-order valence-electron chi connectivity index (χ1n) is 14.1. The number of unbranched alkanes of at least 4 members (excludes halogenated alkanes) is 12. The largest absolute Gasteiger partial charge is 0.472 e. The predicted molar refractivity (Wildman–Crippen MR) is 150 cm³/mol. The van der Waals surface area contributed by atoms with Crippen LogP contribution < -0.4 is 5.48 Å². The molecule has 42 heavy (non-hydrogen) atoms. The van der Waals surface area contributed by atoms with Crippen molar-refractivity contribution in [3.05, 3.63) is 0 Å². The topological polar surface area (TPSA) is 259 Å². The van der Waals surface area contributed by atoms with Crippen LogP contribution in [-0.4, -0.2) is 92.3 Å². The molecule has 0 spiro atoms. The molecule has 0 aliphatic heterocycles. The van der Waals surface area contributed by atoms with Crippen molar-refractivity contribution in [1.82, 2.24) is 5.48 Å². The van der Waals surface area contributed by atoms with Crippen LogP contribution in [0.4, 0.5) is 0 Å². The van der Waals surface area contributed by atoms with Crippen LogP contribution in [-0.2, 0) is 37.0 Å². The molecular formula is C24H51NO15P2. The maximum atomic E-state index is 11.7. The first kappa shape index (κ1) is 43.1. The fraction of sp³-hybridized carbons (Fsp3) is 0.917. The molecule has 0 aliphatic carbocycles. The summed E-state index contributed by atoms with van der Waals surface area (Å²) < 4.78 is 39.0. The molecule has 1 amide bonds. The zero-order chi connectivity index (χ0) is 32.3. The molecule has 0 fully saturated rings. The van der Waals surface area contributed by atoms with E-state index >= 15 is 0 Å². The second kappa shape index (κ2) is 27.5. The van der Waals surface area contributed by atoms with E-state index in [1.807, 2.05) is 0 Å². The highest BCUT2D eigenvalue weighted by molar-refractivity contribution is 7.47. The van der Waals surface area contributed by atoms with E-state index in [0.717, 1.165) is 24.7 Å². The van der Waals surface area contributed by atoms with E-state index < -0.39 is 66.2 Å². The van der Waals surface area contributed by atoms with Crippen LogP contribution in [0.25, 0.3) is 0 Å². The molecule has 8 N–H and O–H groups in total. The molecule has 0 rings (SSSR count). The van der Waals surface area contributed by atoms with Crippen LogP contribution in [0.5, 0.6) is 0 Å². The molecule has 0 heterocycles. The number of rotatable bonds is 26. The fourth-order valence-electron chi connectivity index (χ4n) is 3.22. The molecule has 0 radical (unpaired) electrons. The fourth-order valence-corrected chi connectivity index (χ4v) is 4.30. The Bertz CT molecular complexity index is 768. The van der Waals surface area contributed by atoms with Crippen LogP contribution in [0.3, 0.4) is 0 Å². The van der Waals surface area contributed by atoms with Crippen LogP contribution in [0.15, 0.2) is 0 Å². The third kappa shape index (κ3) is 33.5. The van der Waals surface area contributed by atoms with Crippen molar-refractivity contribution in [1.29, 1.82) is 0 Å². The Kier molecular flexibility index (Phi) is 28.3. The van der Waals surface area contributed by atoms with Crippen molar-refractivity contribution in [2.45, 2.75) is 109 Å². The summed E-state index contributed by atoms with van der Waals surface area (Å²) in [5.41, 5.74) is 1.13. The second-order valence-corrected chi connectivity index (χ2v) is 12.2. The van der Waals surface area contributed by atoms with Gasteiger partial charge in [-0.3, -0.25) is 28.4 Å². The number of phosphoric ester groups is 2. The molecule has 0 aliphatic rings. The van der Waals surface area contributed by atoms with Crippen LogP contribution in [0.2, 0.25) is 0 Å². The first-order chi connectivity index (χ1) is 19.8. The molecule has 16 nitrogen and oxygen atoms in total. The van der Waals surface area contributed by atoms with Gasteiger partial charge in [-0.15, -0.1) is 0 Å². The minimum absolute atomic E-state index is 0.270. The summed E-state index contributed by atoms with van der Waals surface area (Å²) in [5, 5.41) is 35.2. The van der Waals surface area contributed by atoms with Crippen molar-refractivity contribution in [3.63, 3.8) is 0 Å². The lowest BCUT2D eigenvalue weighted by molar-refractivity contribution is -0.147. The van der Waals surface area contributed by atoms with E-state index in [4.69, 9.17) is 29.9 Å². The van der Waals surface area contributed by atoms with Gasteiger partial charge >= 0.3 is 21.6 Å². The van der Waals surface area contributed by atoms with Crippen LogP contribution in [0, 0.1) is 0 Å². The number of esters is 1. The zero-order valence-corrected chi connectivity index (χ0v) is 26.2. The highest BCUT2D eigenvalue weighted by atomic mass is 31.2. The smallest absolute Gasteiger partial charge is 0.463 e. The van der Waals surface area contributed by atoms with Gasteiger partial charge in [0.25, 0.3) is 5.91 Å². The van der Waals surface area contributed by atoms with Gasteiger partial charge in [0, 0.05) is 6.42 Å². The van der Waals surface area contributed by atoms with E-state index in [1.54, 1.807) is 0 Å². The number of amides is 1. The van der Waals surface area contributed by atoms with Crippen LogP contribution in [0.1, 0.15) is 96.8 Å². The Morgan fingerprint density at radius 3 is 1.60 bits per heavy atom. The van der Waals surface area contributed by atoms with E-state index in [0.29, 0.717) is 0 Å². The van der Waals surface area contributed by atoms with Crippen molar-refractivity contribution in [3.8, 4) is 0 Å². The third-order valence-electron chi connectivity index (χ3n) is 5.48. The lowest BCUT2D eigenvalue weighted by atomic mass is 10.0. The molecular weight excluding hydrogens is 604 g/mol. The standard InChI is InChI=1S/C22H45O9P.C2H6NO6P/c1-2-3-4-5-6-7-8-9-10-11-12-13-14-15-22(26)29-17-21(25)19-31-32(27,28)30-18-20(24)16-23;4-2(3-5)1-9-10(6,7)8/h20-21,23-25H,2-19H2,1H3,(H,27,28);5H,1H2,(H,3,4)(H2,6,7,8)/t20-,21+;/m1./s1. The molecule has 0 bridgehead atoms. The Balaban J connectivity index is 0. The monoisotopic (exact) mass is 655 g/mol. The number of hydrogen-bond acceptors (Lipinski definition) is 12. The Labute approximate surface area is 247 Å². The van der Waals surface area contributed by atoms with Gasteiger partial charge in [-0.25, -0.2) is 14.6 Å². The summed E-state index contributed by atoms with van der Waals surface area (Å²) in [4.78, 5) is 47.1. The molecule has 0 saturated carbocycles. The number of nitrogens with one attached hydrogen (secondary N) is 1. The highest BCUT2D eigenvalue weighted by Gasteiger charge is 2.24. The summed E-state index contributed by atoms with van der Waals surface area (Å²) in [6.45, 7) is -0.781. The van der Waals surface area contributed by atoms with Crippen molar-refractivity contribution < 1.29 is 72.2 Å². The van der Waals surface area contributed by atoms with Gasteiger partial charge in [0.15, 0.2) is 0 Å². The van der Waals surface area contributed by atoms with E-state index in [2.05, 4.69) is 20.5 Å². The van der Waals surface area contributed by atoms with Gasteiger partial charge < -0.3 is 34.7 Å². The summed E-state index contributed by atoms with van der Waals surface area (Å²) in [6.07, 6.45) is 13.5. The quantitative estimate of drug-likeness (QED) is 0.0219. The Morgan fingerprint density at radius 1 is 0.714 bits per heavy atom. The minimum Gasteiger partial charge on any atom is -0.463 e. The molecule has 0 aromatic heterocycles.